The summed E-state index contributed by atoms with van der Waals surface area (Å²) in [4.78, 5) is 30.6. The summed E-state index contributed by atoms with van der Waals surface area (Å²) in [5.41, 5.74) is 0.427. The molecule has 3 heterocycles. The quantitative estimate of drug-likeness (QED) is 0.582. The Balaban J connectivity index is 0.00000289. The maximum absolute atomic E-state index is 13.7. The lowest BCUT2D eigenvalue weighted by Crippen LogP contribution is -2.42. The van der Waals surface area contributed by atoms with E-state index in [4.69, 9.17) is 0 Å². The lowest BCUT2D eigenvalue weighted by atomic mass is 9.98. The Morgan fingerprint density at radius 2 is 1.74 bits per heavy atom. The van der Waals surface area contributed by atoms with Crippen LogP contribution in [0.2, 0.25) is 0 Å². The number of carbonyl (C=O) groups excluding carboxylic acids is 2. The van der Waals surface area contributed by atoms with E-state index in [2.05, 4.69) is 4.90 Å². The molecule has 0 aliphatic carbocycles. The average molecular weight is 518 g/mol. The van der Waals surface area contributed by atoms with Crippen LogP contribution in [-0.4, -0.2) is 66.6 Å². The lowest BCUT2D eigenvalue weighted by Gasteiger charge is -2.29. The Bertz CT molecular complexity index is 1260. The molecule has 0 radical (unpaired) electrons. The molecule has 2 amide bonds. The van der Waals surface area contributed by atoms with Crippen molar-refractivity contribution in [2.45, 2.75) is 50.0 Å². The summed E-state index contributed by atoms with van der Waals surface area (Å²) in [5.74, 6) is -1.01. The number of halogens is 1. The van der Waals surface area contributed by atoms with Gasteiger partial charge in [0.2, 0.25) is 11.8 Å². The Hall–Kier alpha value is -2.42. The van der Waals surface area contributed by atoms with Crippen molar-refractivity contribution in [2.24, 2.45) is 5.92 Å². The molecule has 5 rings (SSSR count). The predicted octanol–water partition coefficient (Wildman–Crippen LogP) is 3.79. The Morgan fingerprint density at radius 3 is 2.46 bits per heavy atom. The molecule has 0 spiro atoms. The van der Waals surface area contributed by atoms with Crippen molar-refractivity contribution in [1.82, 2.24) is 14.1 Å². The van der Waals surface area contributed by atoms with Gasteiger partial charge in [-0.1, -0.05) is 43.7 Å². The highest BCUT2D eigenvalue weighted by molar-refractivity contribution is 7.89. The first-order valence-corrected chi connectivity index (χ1v) is 13.7. The predicted molar refractivity (Wildman–Crippen MR) is 138 cm³/mol. The third kappa shape index (κ3) is 4.59. The summed E-state index contributed by atoms with van der Waals surface area (Å²) >= 11 is 0. The largest absolute Gasteiger partial charge is 0.329 e. The van der Waals surface area contributed by atoms with Crippen LogP contribution in [0.25, 0.3) is 10.8 Å². The van der Waals surface area contributed by atoms with E-state index in [1.165, 1.54) is 19.3 Å². The number of hydrogen-bond donors (Lipinski definition) is 0. The molecule has 2 fully saturated rings. The highest BCUT2D eigenvalue weighted by atomic mass is 35.5. The fraction of sp³-hybridized carbons (Fsp3) is 0.462. The molecular weight excluding hydrogens is 486 g/mol. The molecule has 35 heavy (non-hydrogen) atoms. The number of rotatable bonds is 6. The number of piperidine rings is 1. The second-order valence-corrected chi connectivity index (χ2v) is 11.2. The van der Waals surface area contributed by atoms with Gasteiger partial charge in [-0.25, -0.2) is 12.7 Å². The molecule has 0 bridgehead atoms. The second kappa shape index (κ2) is 10.3. The van der Waals surface area contributed by atoms with Crippen LogP contribution in [0.5, 0.6) is 0 Å². The van der Waals surface area contributed by atoms with Crippen LogP contribution in [0.3, 0.4) is 0 Å². The summed E-state index contributed by atoms with van der Waals surface area (Å²) < 4.78 is 28.3. The van der Waals surface area contributed by atoms with E-state index in [1.54, 1.807) is 29.2 Å². The molecular formula is C26H32ClN3O4S. The zero-order valence-electron chi connectivity index (χ0n) is 19.9. The average Bonchev–Trinajstić information content (AvgIpc) is 3.39. The molecule has 2 atom stereocenters. The van der Waals surface area contributed by atoms with E-state index in [-0.39, 0.29) is 23.2 Å². The monoisotopic (exact) mass is 517 g/mol. The zero-order valence-corrected chi connectivity index (χ0v) is 21.6. The summed E-state index contributed by atoms with van der Waals surface area (Å²) in [5, 5.41) is 1.73. The molecule has 188 valence electrons. The lowest BCUT2D eigenvalue weighted by molar-refractivity contribution is -0.134. The van der Waals surface area contributed by atoms with Gasteiger partial charge in [-0.05, 0) is 61.3 Å². The van der Waals surface area contributed by atoms with Gasteiger partial charge in [0.05, 0.1) is 22.6 Å². The van der Waals surface area contributed by atoms with Crippen LogP contribution in [0.4, 0.5) is 0 Å². The SMILES string of the molecule is CC[C@H]1C(=O)N(S(=O)(=O)c2ccc3ccccc3c2)C2=CCN(C(=O)CCN3CCCCC3)[C@@H]21.Cl. The van der Waals surface area contributed by atoms with E-state index in [9.17, 15) is 18.0 Å². The zero-order chi connectivity index (χ0) is 23.9. The highest BCUT2D eigenvalue weighted by Crippen LogP contribution is 2.41. The van der Waals surface area contributed by atoms with E-state index in [0.29, 0.717) is 31.6 Å². The molecule has 2 aromatic rings. The number of amides is 2. The third-order valence-corrected chi connectivity index (χ3v) is 9.10. The topological polar surface area (TPSA) is 78.0 Å². The fourth-order valence-electron chi connectivity index (χ4n) is 5.55. The van der Waals surface area contributed by atoms with Crippen molar-refractivity contribution >= 4 is 45.0 Å². The second-order valence-electron chi connectivity index (χ2n) is 9.40. The van der Waals surface area contributed by atoms with Gasteiger partial charge in [0.1, 0.15) is 0 Å². The molecule has 7 nitrogen and oxygen atoms in total. The molecule has 0 aromatic heterocycles. The smallest absolute Gasteiger partial charge is 0.270 e. The standard InChI is InChI=1S/C26H31N3O4S.ClH/c1-2-22-25-23(12-17-28(25)24(30)13-16-27-14-6-3-7-15-27)29(26(22)31)34(32,33)21-11-10-19-8-4-5-9-20(19)18-21;/h4-5,8-12,18,22,25H,2-3,6-7,13-17H2,1H3;1H/t22-,25-;/m1./s1. The molecule has 0 unspecified atom stereocenters. The number of fused-ring (bicyclic) bond motifs is 2. The highest BCUT2D eigenvalue weighted by Gasteiger charge is 2.54. The van der Waals surface area contributed by atoms with Crippen LogP contribution in [0.1, 0.15) is 39.0 Å². The van der Waals surface area contributed by atoms with E-state index < -0.39 is 27.9 Å². The van der Waals surface area contributed by atoms with Gasteiger partial charge in [-0.3, -0.25) is 9.59 Å². The first kappa shape index (κ1) is 25.7. The Morgan fingerprint density at radius 1 is 1.03 bits per heavy atom. The van der Waals surface area contributed by atoms with Crippen molar-refractivity contribution in [3.63, 3.8) is 0 Å². The minimum absolute atomic E-state index is 0. The first-order chi connectivity index (χ1) is 16.4. The first-order valence-electron chi connectivity index (χ1n) is 12.2. The van der Waals surface area contributed by atoms with E-state index >= 15 is 0 Å². The molecule has 3 aliphatic heterocycles. The molecule has 2 saturated heterocycles. The maximum atomic E-state index is 13.7. The fourth-order valence-corrected chi connectivity index (χ4v) is 7.11. The van der Waals surface area contributed by atoms with E-state index in [1.807, 2.05) is 31.2 Å². The van der Waals surface area contributed by atoms with Gasteiger partial charge >= 0.3 is 0 Å². The van der Waals surface area contributed by atoms with Crippen LogP contribution >= 0.6 is 12.4 Å². The third-order valence-electron chi connectivity index (χ3n) is 7.38. The van der Waals surface area contributed by atoms with Gasteiger partial charge in [0, 0.05) is 19.5 Å². The van der Waals surface area contributed by atoms with Crippen molar-refractivity contribution in [3.05, 3.63) is 54.2 Å². The van der Waals surface area contributed by atoms with Crippen molar-refractivity contribution in [3.8, 4) is 0 Å². The van der Waals surface area contributed by atoms with Gasteiger partial charge in [0.25, 0.3) is 10.0 Å². The Kier molecular flexibility index (Phi) is 7.54. The van der Waals surface area contributed by atoms with Gasteiger partial charge in [-0.2, -0.15) is 0 Å². The van der Waals surface area contributed by atoms with Crippen LogP contribution in [0, 0.1) is 5.92 Å². The molecule has 2 aromatic carbocycles. The van der Waals surface area contributed by atoms with Crippen molar-refractivity contribution in [1.29, 1.82) is 0 Å². The number of carbonyl (C=O) groups is 2. The van der Waals surface area contributed by atoms with Gasteiger partial charge in [-0.15, -0.1) is 12.4 Å². The minimum atomic E-state index is -4.09. The van der Waals surface area contributed by atoms with Gasteiger partial charge in [0.15, 0.2) is 0 Å². The van der Waals surface area contributed by atoms with Crippen LogP contribution in [-0.2, 0) is 19.6 Å². The number of likely N-dealkylation sites (tertiary alicyclic amines) is 1. The normalized spacial score (nSPS) is 22.8. The maximum Gasteiger partial charge on any atom is 0.270 e. The van der Waals surface area contributed by atoms with E-state index in [0.717, 1.165) is 28.2 Å². The number of hydrogen-bond acceptors (Lipinski definition) is 5. The summed E-state index contributed by atoms with van der Waals surface area (Å²) in [6.07, 6.45) is 6.18. The van der Waals surface area contributed by atoms with Crippen LogP contribution in [0.15, 0.2) is 59.1 Å². The number of benzene rings is 2. The minimum Gasteiger partial charge on any atom is -0.329 e. The summed E-state index contributed by atoms with van der Waals surface area (Å²) in [6, 6.07) is 11.9. The summed E-state index contributed by atoms with van der Waals surface area (Å²) in [7, 11) is -4.09. The van der Waals surface area contributed by atoms with Crippen LogP contribution < -0.4 is 0 Å². The molecule has 3 aliphatic rings. The molecule has 0 N–H and O–H groups in total. The van der Waals surface area contributed by atoms with Crippen molar-refractivity contribution < 1.29 is 18.0 Å². The Labute approximate surface area is 213 Å². The van der Waals surface area contributed by atoms with Gasteiger partial charge < -0.3 is 9.80 Å². The molecule has 0 saturated carbocycles. The summed E-state index contributed by atoms with van der Waals surface area (Å²) in [6.45, 7) is 4.97. The number of sulfonamides is 1. The van der Waals surface area contributed by atoms with Crippen molar-refractivity contribution in [2.75, 3.05) is 26.2 Å². The number of nitrogens with zero attached hydrogens (tertiary/aromatic N) is 3. The molecule has 9 heteroatoms.